The molecule has 2 aromatic heterocycles. The highest BCUT2D eigenvalue weighted by molar-refractivity contribution is 7.98. The normalized spacial score (nSPS) is 11.0. The molecule has 0 fully saturated rings. The Morgan fingerprint density at radius 3 is 2.64 bits per heavy atom. The van der Waals surface area contributed by atoms with Crippen molar-refractivity contribution in [1.29, 1.82) is 0 Å². The van der Waals surface area contributed by atoms with Crippen molar-refractivity contribution in [2.45, 2.75) is 11.8 Å². The Hall–Kier alpha value is -3.12. The number of rotatable bonds is 4. The molecule has 0 N–H and O–H groups in total. The van der Waals surface area contributed by atoms with Crippen molar-refractivity contribution in [2.75, 3.05) is 13.4 Å². The van der Waals surface area contributed by atoms with Gasteiger partial charge in [-0.25, -0.2) is 4.98 Å². The molecular formula is C22H19N3O2S. The first-order valence-corrected chi connectivity index (χ1v) is 10.0. The van der Waals surface area contributed by atoms with E-state index >= 15 is 0 Å². The zero-order chi connectivity index (χ0) is 19.7. The molecule has 0 saturated carbocycles. The van der Waals surface area contributed by atoms with Crippen molar-refractivity contribution >= 4 is 22.5 Å². The van der Waals surface area contributed by atoms with Crippen molar-refractivity contribution in [1.82, 2.24) is 14.8 Å². The molecule has 2 heterocycles. The molecule has 0 aliphatic carbocycles. The van der Waals surface area contributed by atoms with E-state index in [0.717, 1.165) is 32.7 Å². The molecule has 4 aromatic rings. The predicted octanol–water partition coefficient (Wildman–Crippen LogP) is 4.49. The van der Waals surface area contributed by atoms with Crippen LogP contribution in [-0.4, -0.2) is 28.1 Å². The summed E-state index contributed by atoms with van der Waals surface area (Å²) in [6.07, 6.45) is 5.44. The first-order chi connectivity index (χ1) is 13.6. The first-order valence-electron chi connectivity index (χ1n) is 8.79. The molecule has 0 saturated heterocycles. The molecule has 0 unspecified atom stereocenters. The Balaban J connectivity index is 1.81. The summed E-state index contributed by atoms with van der Waals surface area (Å²) in [6, 6.07) is 15.5. The molecule has 4 rings (SSSR count). The average molecular weight is 389 g/mol. The zero-order valence-corrected chi connectivity index (χ0v) is 16.7. The van der Waals surface area contributed by atoms with Crippen LogP contribution in [0.2, 0.25) is 0 Å². The molecule has 0 atom stereocenters. The van der Waals surface area contributed by atoms with Crippen molar-refractivity contribution < 1.29 is 4.74 Å². The van der Waals surface area contributed by atoms with Gasteiger partial charge in [0, 0.05) is 16.5 Å². The number of hydrogen-bond donors (Lipinski definition) is 0. The molecule has 0 aliphatic heterocycles. The van der Waals surface area contributed by atoms with Gasteiger partial charge in [0.15, 0.2) is 5.82 Å². The fourth-order valence-electron chi connectivity index (χ4n) is 3.25. The lowest BCUT2D eigenvalue weighted by Gasteiger charge is -2.11. The van der Waals surface area contributed by atoms with E-state index in [1.54, 1.807) is 37.3 Å². The van der Waals surface area contributed by atoms with Crippen LogP contribution in [0.3, 0.4) is 0 Å². The number of methoxy groups -OCH3 is 1. The van der Waals surface area contributed by atoms with Gasteiger partial charge in [-0.2, -0.15) is 9.78 Å². The van der Waals surface area contributed by atoms with Crippen molar-refractivity contribution in [3.05, 3.63) is 76.8 Å². The first kappa shape index (κ1) is 18.3. The SMILES string of the molecule is COc1cccc(-c2ccc3c(=O)n(-c4ccc(SC)cn4)ncc3c2)c1C. The van der Waals surface area contributed by atoms with Crippen LogP contribution >= 0.6 is 11.8 Å². The maximum absolute atomic E-state index is 12.9. The predicted molar refractivity (Wildman–Crippen MR) is 114 cm³/mol. The zero-order valence-electron chi connectivity index (χ0n) is 15.8. The third-order valence-corrected chi connectivity index (χ3v) is 5.49. The summed E-state index contributed by atoms with van der Waals surface area (Å²) >= 11 is 1.60. The number of pyridine rings is 1. The monoisotopic (exact) mass is 389 g/mol. The average Bonchev–Trinajstić information content (AvgIpc) is 2.74. The summed E-state index contributed by atoms with van der Waals surface area (Å²) in [5.74, 6) is 1.35. The number of nitrogens with zero attached hydrogens (tertiary/aromatic N) is 3. The van der Waals surface area contributed by atoms with Crippen LogP contribution in [0.1, 0.15) is 5.56 Å². The molecule has 5 nitrogen and oxygen atoms in total. The molecule has 2 aromatic carbocycles. The van der Waals surface area contributed by atoms with Crippen molar-refractivity contribution in [3.63, 3.8) is 0 Å². The largest absolute Gasteiger partial charge is 0.496 e. The van der Waals surface area contributed by atoms with E-state index in [1.807, 2.05) is 55.6 Å². The number of benzene rings is 2. The number of ether oxygens (including phenoxy) is 1. The van der Waals surface area contributed by atoms with Crippen LogP contribution in [0.15, 0.2) is 70.6 Å². The highest BCUT2D eigenvalue weighted by atomic mass is 32.2. The van der Waals surface area contributed by atoms with E-state index in [1.165, 1.54) is 4.68 Å². The topological polar surface area (TPSA) is 57.0 Å². The highest BCUT2D eigenvalue weighted by Gasteiger charge is 2.11. The molecule has 6 heteroatoms. The quantitative estimate of drug-likeness (QED) is 0.482. The van der Waals surface area contributed by atoms with Crippen LogP contribution in [-0.2, 0) is 0 Å². The second kappa shape index (κ2) is 7.48. The third kappa shape index (κ3) is 3.16. The van der Waals surface area contributed by atoms with E-state index in [2.05, 4.69) is 10.1 Å². The van der Waals surface area contributed by atoms with Gasteiger partial charge in [0.2, 0.25) is 0 Å². The van der Waals surface area contributed by atoms with Crippen LogP contribution < -0.4 is 10.3 Å². The number of hydrogen-bond acceptors (Lipinski definition) is 5. The van der Waals surface area contributed by atoms with Crippen LogP contribution in [0.5, 0.6) is 5.75 Å². The van der Waals surface area contributed by atoms with Gasteiger partial charge in [-0.1, -0.05) is 18.2 Å². The second-order valence-electron chi connectivity index (χ2n) is 6.35. The fraction of sp³-hybridized carbons (Fsp3) is 0.136. The Morgan fingerprint density at radius 1 is 1.07 bits per heavy atom. The minimum atomic E-state index is -0.184. The van der Waals surface area contributed by atoms with Gasteiger partial charge in [0.1, 0.15) is 5.75 Å². The lowest BCUT2D eigenvalue weighted by molar-refractivity contribution is 0.412. The third-order valence-electron chi connectivity index (χ3n) is 4.78. The molecule has 140 valence electrons. The lowest BCUT2D eigenvalue weighted by Crippen LogP contribution is -2.21. The van der Waals surface area contributed by atoms with E-state index < -0.39 is 0 Å². The molecule has 0 amide bonds. The Kier molecular flexibility index (Phi) is 4.88. The minimum absolute atomic E-state index is 0.184. The summed E-state index contributed by atoms with van der Waals surface area (Å²) < 4.78 is 6.76. The van der Waals surface area contributed by atoms with Gasteiger partial charge in [-0.3, -0.25) is 4.79 Å². The van der Waals surface area contributed by atoms with Gasteiger partial charge in [-0.05, 0) is 60.2 Å². The van der Waals surface area contributed by atoms with Crippen LogP contribution in [0.4, 0.5) is 0 Å². The second-order valence-corrected chi connectivity index (χ2v) is 7.23. The van der Waals surface area contributed by atoms with Gasteiger partial charge >= 0.3 is 0 Å². The molecule has 0 radical (unpaired) electrons. The summed E-state index contributed by atoms with van der Waals surface area (Å²) in [4.78, 5) is 18.3. The number of fused-ring (bicyclic) bond motifs is 1. The molecular weight excluding hydrogens is 370 g/mol. The Labute approximate surface area is 167 Å². The van der Waals surface area contributed by atoms with E-state index in [-0.39, 0.29) is 5.56 Å². The van der Waals surface area contributed by atoms with Gasteiger partial charge < -0.3 is 4.74 Å². The van der Waals surface area contributed by atoms with E-state index in [4.69, 9.17) is 4.74 Å². The molecule has 28 heavy (non-hydrogen) atoms. The van der Waals surface area contributed by atoms with Gasteiger partial charge in [-0.15, -0.1) is 11.8 Å². The fourth-order valence-corrected chi connectivity index (χ4v) is 3.61. The maximum atomic E-state index is 12.9. The highest BCUT2D eigenvalue weighted by Crippen LogP contribution is 2.31. The van der Waals surface area contributed by atoms with Gasteiger partial charge in [0.05, 0.1) is 18.7 Å². The maximum Gasteiger partial charge on any atom is 0.280 e. The van der Waals surface area contributed by atoms with Crippen LogP contribution in [0.25, 0.3) is 27.7 Å². The Morgan fingerprint density at radius 2 is 1.93 bits per heavy atom. The van der Waals surface area contributed by atoms with Crippen molar-refractivity contribution in [2.24, 2.45) is 0 Å². The summed E-state index contributed by atoms with van der Waals surface area (Å²) in [5.41, 5.74) is 2.96. The number of thioether (sulfide) groups is 1. The Bertz CT molecular complexity index is 1220. The molecule has 0 bridgehead atoms. The molecule has 0 aliphatic rings. The standard InChI is InChI=1S/C22H19N3O2S/c1-14-18(5-4-6-20(14)27-2)15-7-9-19-16(11-15)12-24-25(22(19)26)21-10-8-17(28-3)13-23-21/h4-13H,1-3H3. The number of aromatic nitrogens is 3. The van der Waals surface area contributed by atoms with E-state index in [9.17, 15) is 4.79 Å². The smallest absolute Gasteiger partial charge is 0.280 e. The van der Waals surface area contributed by atoms with Crippen molar-refractivity contribution in [3.8, 4) is 22.7 Å². The minimum Gasteiger partial charge on any atom is -0.496 e. The summed E-state index contributed by atoms with van der Waals surface area (Å²) in [5, 5.41) is 5.73. The molecule has 0 spiro atoms. The summed E-state index contributed by atoms with van der Waals surface area (Å²) in [6.45, 7) is 2.03. The summed E-state index contributed by atoms with van der Waals surface area (Å²) in [7, 11) is 1.67. The van der Waals surface area contributed by atoms with Crippen LogP contribution in [0, 0.1) is 6.92 Å². The van der Waals surface area contributed by atoms with E-state index in [0.29, 0.717) is 11.2 Å². The lowest BCUT2D eigenvalue weighted by atomic mass is 9.98. The van der Waals surface area contributed by atoms with Gasteiger partial charge in [0.25, 0.3) is 5.56 Å².